The Morgan fingerprint density at radius 1 is 1.03 bits per heavy atom. The van der Waals surface area contributed by atoms with Gasteiger partial charge in [0, 0.05) is 12.2 Å². The molecule has 3 rings (SSSR count). The van der Waals surface area contributed by atoms with Gasteiger partial charge in [-0.3, -0.25) is 4.79 Å². The maximum atomic E-state index is 13.6. The Morgan fingerprint density at radius 3 is 2.50 bits per heavy atom. The molecular weight excluding hydrogens is 451 g/mol. The molecule has 0 unspecified atom stereocenters. The third kappa shape index (κ3) is 6.22. The number of ether oxygens (including phenoxy) is 2. The van der Waals surface area contributed by atoms with Crippen molar-refractivity contribution in [3.8, 4) is 11.5 Å². The van der Waals surface area contributed by atoms with E-state index in [1.165, 1.54) is 12.1 Å². The minimum absolute atomic E-state index is 0.126. The average molecular weight is 473 g/mol. The summed E-state index contributed by atoms with van der Waals surface area (Å²) in [5.74, 6) is 0.444. The van der Waals surface area contributed by atoms with Crippen LogP contribution in [0.25, 0.3) is 0 Å². The van der Waals surface area contributed by atoms with E-state index in [9.17, 15) is 9.18 Å². The quantitative estimate of drug-likeness (QED) is 0.424. The number of anilines is 2. The average Bonchev–Trinajstić information content (AvgIpc) is 2.74. The zero-order valence-corrected chi connectivity index (χ0v) is 18.0. The Labute approximate surface area is 183 Å². The van der Waals surface area contributed by atoms with E-state index in [4.69, 9.17) is 9.47 Å². The number of para-hydroxylation sites is 1. The second kappa shape index (κ2) is 10.6. The molecule has 0 aliphatic heterocycles. The number of amides is 1. The lowest BCUT2D eigenvalue weighted by Crippen LogP contribution is -2.20. The number of carbonyl (C=O) groups is 1. The van der Waals surface area contributed by atoms with Gasteiger partial charge in [0.1, 0.15) is 17.3 Å². The molecule has 5 nitrogen and oxygen atoms in total. The number of hydrogen-bond acceptors (Lipinski definition) is 4. The Morgan fingerprint density at radius 2 is 1.80 bits per heavy atom. The van der Waals surface area contributed by atoms with Crippen molar-refractivity contribution in [2.45, 2.75) is 13.5 Å². The van der Waals surface area contributed by atoms with Crippen LogP contribution < -0.4 is 20.1 Å². The van der Waals surface area contributed by atoms with Crippen LogP contribution in [0.1, 0.15) is 12.5 Å². The van der Waals surface area contributed by atoms with Crippen molar-refractivity contribution in [3.05, 3.63) is 82.6 Å². The Bertz CT molecular complexity index is 996. The smallest absolute Gasteiger partial charge is 0.262 e. The lowest BCUT2D eigenvalue weighted by atomic mass is 10.2. The summed E-state index contributed by atoms with van der Waals surface area (Å²) in [4.78, 5) is 12.0. The first kappa shape index (κ1) is 21.6. The van der Waals surface area contributed by atoms with Crippen LogP contribution in [-0.4, -0.2) is 19.1 Å². The fourth-order valence-electron chi connectivity index (χ4n) is 2.70. The molecule has 2 N–H and O–H groups in total. The normalized spacial score (nSPS) is 10.4. The summed E-state index contributed by atoms with van der Waals surface area (Å²) in [7, 11) is 0. The van der Waals surface area contributed by atoms with Gasteiger partial charge in [-0.25, -0.2) is 4.39 Å². The highest BCUT2D eigenvalue weighted by molar-refractivity contribution is 9.10. The van der Waals surface area contributed by atoms with Gasteiger partial charge in [0.05, 0.1) is 16.8 Å². The fourth-order valence-corrected chi connectivity index (χ4v) is 3.24. The number of rotatable bonds is 9. The van der Waals surface area contributed by atoms with E-state index in [1.54, 1.807) is 18.2 Å². The Kier molecular flexibility index (Phi) is 7.68. The highest BCUT2D eigenvalue weighted by atomic mass is 79.9. The summed E-state index contributed by atoms with van der Waals surface area (Å²) in [5, 5.41) is 5.83. The van der Waals surface area contributed by atoms with Gasteiger partial charge >= 0.3 is 0 Å². The highest BCUT2D eigenvalue weighted by Crippen LogP contribution is 2.27. The summed E-state index contributed by atoms with van der Waals surface area (Å²) in [6.07, 6.45) is 0. The van der Waals surface area contributed by atoms with Crippen LogP contribution in [0, 0.1) is 5.82 Å². The predicted octanol–water partition coefficient (Wildman–Crippen LogP) is 5.62. The highest BCUT2D eigenvalue weighted by Gasteiger charge is 2.09. The monoisotopic (exact) mass is 472 g/mol. The van der Waals surface area contributed by atoms with E-state index < -0.39 is 11.7 Å². The van der Waals surface area contributed by atoms with E-state index in [0.717, 1.165) is 21.5 Å². The minimum Gasteiger partial charge on any atom is -0.494 e. The molecule has 0 heterocycles. The second-order valence-corrected chi connectivity index (χ2v) is 7.25. The zero-order chi connectivity index (χ0) is 21.3. The number of halogens is 2. The minimum atomic E-state index is -0.489. The van der Waals surface area contributed by atoms with Crippen LogP contribution in [0.3, 0.4) is 0 Å². The fraction of sp³-hybridized carbons (Fsp3) is 0.174. The van der Waals surface area contributed by atoms with Gasteiger partial charge in [-0.05, 0) is 76.9 Å². The molecule has 1 amide bonds. The molecule has 0 spiro atoms. The molecule has 156 valence electrons. The van der Waals surface area contributed by atoms with Crippen LogP contribution in [0.2, 0.25) is 0 Å². The van der Waals surface area contributed by atoms with Gasteiger partial charge in [-0.1, -0.05) is 18.2 Å². The Balaban J connectivity index is 1.51. The third-order valence-electron chi connectivity index (χ3n) is 4.16. The summed E-state index contributed by atoms with van der Waals surface area (Å²) >= 11 is 3.47. The first-order valence-electron chi connectivity index (χ1n) is 9.47. The van der Waals surface area contributed by atoms with Crippen molar-refractivity contribution in [1.82, 2.24) is 0 Å². The maximum absolute atomic E-state index is 13.6. The van der Waals surface area contributed by atoms with Crippen LogP contribution in [-0.2, 0) is 11.3 Å². The number of hydrogen-bond donors (Lipinski definition) is 2. The lowest BCUT2D eigenvalue weighted by molar-refractivity contribution is -0.118. The first-order chi connectivity index (χ1) is 14.5. The molecule has 7 heteroatoms. The Hall–Kier alpha value is -3.06. The SMILES string of the molecule is CCOc1ccc(NCc2ccc(OCC(=O)Nc3ccccc3F)c(Br)c2)cc1. The van der Waals surface area contributed by atoms with Gasteiger partial charge in [-0.15, -0.1) is 0 Å². The van der Waals surface area contributed by atoms with Crippen molar-refractivity contribution in [3.63, 3.8) is 0 Å². The largest absolute Gasteiger partial charge is 0.494 e. The van der Waals surface area contributed by atoms with Crippen molar-refractivity contribution >= 4 is 33.2 Å². The predicted molar refractivity (Wildman–Crippen MR) is 120 cm³/mol. The molecule has 0 saturated heterocycles. The molecule has 0 aromatic heterocycles. The maximum Gasteiger partial charge on any atom is 0.262 e. The van der Waals surface area contributed by atoms with Gasteiger partial charge < -0.3 is 20.1 Å². The molecular formula is C23H22BrFN2O3. The van der Waals surface area contributed by atoms with Crippen LogP contribution >= 0.6 is 15.9 Å². The summed E-state index contributed by atoms with van der Waals surface area (Å²) in [5.41, 5.74) is 2.15. The van der Waals surface area contributed by atoms with Crippen LogP contribution in [0.5, 0.6) is 11.5 Å². The van der Waals surface area contributed by atoms with E-state index in [-0.39, 0.29) is 12.3 Å². The van der Waals surface area contributed by atoms with Crippen LogP contribution in [0.15, 0.2) is 71.2 Å². The van der Waals surface area contributed by atoms with Crippen LogP contribution in [0.4, 0.5) is 15.8 Å². The zero-order valence-electron chi connectivity index (χ0n) is 16.5. The summed E-state index contributed by atoms with van der Waals surface area (Å²) < 4.78 is 25.3. The molecule has 0 aliphatic carbocycles. The van der Waals surface area contributed by atoms with Crippen molar-refractivity contribution in [1.29, 1.82) is 0 Å². The van der Waals surface area contributed by atoms with E-state index >= 15 is 0 Å². The van der Waals surface area contributed by atoms with E-state index in [0.29, 0.717) is 18.9 Å². The molecule has 30 heavy (non-hydrogen) atoms. The number of carbonyl (C=O) groups excluding carboxylic acids is 1. The third-order valence-corrected chi connectivity index (χ3v) is 4.78. The van der Waals surface area contributed by atoms with Gasteiger partial charge in [0.2, 0.25) is 0 Å². The summed E-state index contributed by atoms with van der Waals surface area (Å²) in [6, 6.07) is 19.4. The van der Waals surface area contributed by atoms with Gasteiger partial charge in [0.15, 0.2) is 6.61 Å². The standard InChI is InChI=1S/C23H22BrFN2O3/c1-2-29-18-10-8-17(9-11-18)26-14-16-7-12-22(19(24)13-16)30-15-23(28)27-21-6-4-3-5-20(21)25/h3-13,26H,2,14-15H2,1H3,(H,27,28). The molecule has 0 radical (unpaired) electrons. The molecule has 0 fully saturated rings. The second-order valence-electron chi connectivity index (χ2n) is 6.39. The van der Waals surface area contributed by atoms with Gasteiger partial charge in [0.25, 0.3) is 5.91 Å². The molecule has 3 aromatic carbocycles. The van der Waals surface area contributed by atoms with Gasteiger partial charge in [-0.2, -0.15) is 0 Å². The lowest BCUT2D eigenvalue weighted by Gasteiger charge is -2.12. The van der Waals surface area contributed by atoms with Crippen molar-refractivity contribution in [2.24, 2.45) is 0 Å². The number of benzene rings is 3. The molecule has 3 aromatic rings. The van der Waals surface area contributed by atoms with Crippen molar-refractivity contribution < 1.29 is 18.7 Å². The first-order valence-corrected chi connectivity index (χ1v) is 10.3. The molecule has 0 bridgehead atoms. The topological polar surface area (TPSA) is 59.6 Å². The van der Waals surface area contributed by atoms with E-state index in [2.05, 4.69) is 26.6 Å². The summed E-state index contributed by atoms with van der Waals surface area (Å²) in [6.45, 7) is 2.99. The molecule has 0 aliphatic rings. The molecule has 0 saturated carbocycles. The van der Waals surface area contributed by atoms with E-state index in [1.807, 2.05) is 43.3 Å². The van der Waals surface area contributed by atoms with Crippen molar-refractivity contribution in [2.75, 3.05) is 23.8 Å². The molecule has 0 atom stereocenters. The number of nitrogens with one attached hydrogen (secondary N) is 2.